The molecule has 1 heterocycles. The number of rotatable bonds is 4. The Kier molecular flexibility index (Phi) is 5.40. The first-order chi connectivity index (χ1) is 18.7. The van der Waals surface area contributed by atoms with Crippen LogP contribution in [0.5, 0.6) is 17.2 Å². The number of hydrogen-bond acceptors (Lipinski definition) is 3. The normalized spacial score (nSPS) is 15.5. The van der Waals surface area contributed by atoms with E-state index >= 15 is 0 Å². The second-order valence-corrected chi connectivity index (χ2v) is 10.2. The number of methoxy groups -OCH3 is 2. The van der Waals surface area contributed by atoms with Gasteiger partial charge in [0.15, 0.2) is 5.60 Å². The van der Waals surface area contributed by atoms with Gasteiger partial charge in [-0.1, -0.05) is 66.7 Å². The van der Waals surface area contributed by atoms with E-state index in [9.17, 15) is 0 Å². The molecule has 7 rings (SSSR count). The van der Waals surface area contributed by atoms with Crippen molar-refractivity contribution in [3.8, 4) is 17.2 Å². The molecule has 0 fully saturated rings. The minimum atomic E-state index is -0.793. The van der Waals surface area contributed by atoms with E-state index in [0.29, 0.717) is 0 Å². The molecule has 0 radical (unpaired) electrons. The van der Waals surface area contributed by atoms with Crippen LogP contribution in [0.4, 0.5) is 0 Å². The molecule has 3 nitrogen and oxygen atoms in total. The largest absolute Gasteiger partial charge is 0.497 e. The van der Waals surface area contributed by atoms with Gasteiger partial charge in [-0.2, -0.15) is 0 Å². The Hall–Kier alpha value is -4.24. The van der Waals surface area contributed by atoms with Gasteiger partial charge in [0.25, 0.3) is 0 Å². The van der Waals surface area contributed by atoms with Crippen molar-refractivity contribution in [1.82, 2.24) is 0 Å². The van der Waals surface area contributed by atoms with Gasteiger partial charge in [-0.15, -0.1) is 0 Å². The Morgan fingerprint density at radius 3 is 1.95 bits per heavy atom. The van der Waals surface area contributed by atoms with Crippen LogP contribution < -0.4 is 14.2 Å². The smallest absolute Gasteiger partial charge is 0.178 e. The van der Waals surface area contributed by atoms with E-state index in [1.807, 2.05) is 24.3 Å². The Bertz CT molecular complexity index is 1650. The molecule has 0 unspecified atom stereocenters. The van der Waals surface area contributed by atoms with Crippen molar-refractivity contribution in [1.29, 1.82) is 0 Å². The van der Waals surface area contributed by atoms with Gasteiger partial charge in [-0.3, -0.25) is 0 Å². The standard InChI is InChI=1S/C35H30O3/c1-36-26-16-12-24(13-17-26)35(25-14-18-27(37-2)19-15-25)22-21-32-30-10-6-5-9-29(30)31-20-11-23-7-3-4-8-28(23)33(31)34(32)38-35/h3-4,7-8,11-22H,5-6,9-10H2,1-2H3. The first-order valence-electron chi connectivity index (χ1n) is 13.4. The number of ether oxygens (including phenoxy) is 3. The van der Waals surface area contributed by atoms with Crippen LogP contribution in [0.2, 0.25) is 0 Å². The van der Waals surface area contributed by atoms with Crippen molar-refractivity contribution < 1.29 is 14.2 Å². The zero-order valence-corrected chi connectivity index (χ0v) is 21.8. The van der Waals surface area contributed by atoms with Gasteiger partial charge in [0.1, 0.15) is 17.2 Å². The van der Waals surface area contributed by atoms with Gasteiger partial charge in [-0.05, 0) is 83.3 Å². The van der Waals surface area contributed by atoms with Gasteiger partial charge in [0.2, 0.25) is 0 Å². The molecule has 3 heteroatoms. The van der Waals surface area contributed by atoms with Gasteiger partial charge in [0, 0.05) is 22.1 Å². The maximum absolute atomic E-state index is 7.36. The minimum Gasteiger partial charge on any atom is -0.497 e. The molecule has 5 aromatic rings. The summed E-state index contributed by atoms with van der Waals surface area (Å²) in [7, 11) is 3.39. The van der Waals surface area contributed by atoms with E-state index in [1.54, 1.807) is 14.2 Å². The van der Waals surface area contributed by atoms with E-state index in [0.717, 1.165) is 41.2 Å². The average Bonchev–Trinajstić information content (AvgIpc) is 3.00. The molecule has 0 aromatic heterocycles. The molecule has 2 aliphatic rings. The maximum Gasteiger partial charge on any atom is 0.178 e. The summed E-state index contributed by atoms with van der Waals surface area (Å²) in [5.74, 6) is 2.63. The van der Waals surface area contributed by atoms with Crippen LogP contribution in [0.25, 0.3) is 27.6 Å². The van der Waals surface area contributed by atoms with E-state index in [1.165, 1.54) is 51.1 Å². The van der Waals surface area contributed by atoms with E-state index < -0.39 is 5.60 Å². The van der Waals surface area contributed by atoms with Gasteiger partial charge in [-0.25, -0.2) is 0 Å². The summed E-state index contributed by atoms with van der Waals surface area (Å²) in [4.78, 5) is 0. The lowest BCUT2D eigenvalue weighted by Gasteiger charge is -2.38. The molecule has 188 valence electrons. The molecular weight excluding hydrogens is 468 g/mol. The number of benzene rings is 5. The van der Waals surface area contributed by atoms with E-state index in [-0.39, 0.29) is 0 Å². The summed E-state index contributed by atoms with van der Waals surface area (Å²) in [6, 6.07) is 29.7. The lowest BCUT2D eigenvalue weighted by atomic mass is 9.79. The second-order valence-electron chi connectivity index (χ2n) is 10.2. The monoisotopic (exact) mass is 498 g/mol. The highest BCUT2D eigenvalue weighted by atomic mass is 16.5. The molecule has 5 aromatic carbocycles. The summed E-state index contributed by atoms with van der Waals surface area (Å²) in [5.41, 5.74) is 5.49. The fourth-order valence-corrected chi connectivity index (χ4v) is 6.37. The second kappa shape index (κ2) is 8.95. The predicted octanol–water partition coefficient (Wildman–Crippen LogP) is 8.24. The SMILES string of the molecule is COc1ccc(C2(c3ccc(OC)cc3)C=Cc3c4c(c5ccc6ccccc6c5c3O2)CCCC4)cc1. The van der Waals surface area contributed by atoms with Crippen molar-refractivity contribution in [2.75, 3.05) is 14.2 Å². The summed E-state index contributed by atoms with van der Waals surface area (Å²) in [6.07, 6.45) is 9.22. The van der Waals surface area contributed by atoms with Crippen LogP contribution in [0.3, 0.4) is 0 Å². The maximum atomic E-state index is 7.36. The highest BCUT2D eigenvalue weighted by molar-refractivity contribution is 6.13. The first-order valence-corrected chi connectivity index (χ1v) is 13.4. The van der Waals surface area contributed by atoms with Crippen LogP contribution >= 0.6 is 0 Å². The van der Waals surface area contributed by atoms with Crippen LogP contribution in [0.15, 0.2) is 91.0 Å². The van der Waals surface area contributed by atoms with Crippen molar-refractivity contribution in [2.24, 2.45) is 0 Å². The first kappa shape index (κ1) is 22.9. The van der Waals surface area contributed by atoms with Crippen molar-refractivity contribution in [2.45, 2.75) is 31.3 Å². The highest BCUT2D eigenvalue weighted by Gasteiger charge is 2.39. The van der Waals surface area contributed by atoms with Gasteiger partial charge < -0.3 is 14.2 Å². The molecule has 38 heavy (non-hydrogen) atoms. The van der Waals surface area contributed by atoms with Crippen LogP contribution in [-0.2, 0) is 18.4 Å². The predicted molar refractivity (Wildman–Crippen MR) is 155 cm³/mol. The molecule has 0 saturated carbocycles. The molecule has 0 spiro atoms. The lowest BCUT2D eigenvalue weighted by Crippen LogP contribution is -2.34. The number of fused-ring (bicyclic) bond motifs is 8. The fourth-order valence-electron chi connectivity index (χ4n) is 6.37. The third kappa shape index (κ3) is 3.42. The summed E-state index contributed by atoms with van der Waals surface area (Å²) in [5, 5.41) is 5.01. The Balaban J connectivity index is 1.54. The average molecular weight is 499 g/mol. The highest BCUT2D eigenvalue weighted by Crippen LogP contribution is 2.50. The Labute approximate surface area is 223 Å². The Morgan fingerprint density at radius 1 is 0.658 bits per heavy atom. The number of aryl methyl sites for hydroxylation is 1. The van der Waals surface area contributed by atoms with Crippen LogP contribution in [0, 0.1) is 0 Å². The quantitative estimate of drug-likeness (QED) is 0.234. The molecule has 1 aliphatic heterocycles. The summed E-state index contributed by atoms with van der Waals surface area (Å²) >= 11 is 0. The summed E-state index contributed by atoms with van der Waals surface area (Å²) in [6.45, 7) is 0. The molecule has 0 N–H and O–H groups in total. The van der Waals surface area contributed by atoms with Crippen LogP contribution in [-0.4, -0.2) is 14.2 Å². The zero-order valence-electron chi connectivity index (χ0n) is 21.8. The molecule has 0 saturated heterocycles. The fraction of sp³-hybridized carbons (Fsp3) is 0.200. The van der Waals surface area contributed by atoms with E-state index in [4.69, 9.17) is 14.2 Å². The third-order valence-corrected chi connectivity index (χ3v) is 8.30. The molecule has 1 aliphatic carbocycles. The van der Waals surface area contributed by atoms with Crippen molar-refractivity contribution in [3.63, 3.8) is 0 Å². The van der Waals surface area contributed by atoms with E-state index in [2.05, 4.69) is 72.8 Å². The third-order valence-electron chi connectivity index (χ3n) is 8.30. The zero-order chi connectivity index (χ0) is 25.7. The minimum absolute atomic E-state index is 0.793. The van der Waals surface area contributed by atoms with Gasteiger partial charge in [0.05, 0.1) is 14.2 Å². The van der Waals surface area contributed by atoms with Crippen molar-refractivity contribution >= 4 is 27.6 Å². The van der Waals surface area contributed by atoms with Gasteiger partial charge >= 0.3 is 0 Å². The topological polar surface area (TPSA) is 27.7 Å². The molecule has 0 bridgehead atoms. The number of hydrogen-bond donors (Lipinski definition) is 0. The Morgan fingerprint density at radius 2 is 1.29 bits per heavy atom. The lowest BCUT2D eigenvalue weighted by molar-refractivity contribution is 0.163. The molecular formula is C35H30O3. The van der Waals surface area contributed by atoms with Crippen molar-refractivity contribution in [3.05, 3.63) is 119 Å². The van der Waals surface area contributed by atoms with Crippen LogP contribution in [0.1, 0.15) is 40.7 Å². The molecule has 0 amide bonds. The summed E-state index contributed by atoms with van der Waals surface area (Å²) < 4.78 is 18.3. The molecule has 0 atom stereocenters.